The van der Waals surface area contributed by atoms with Gasteiger partial charge in [-0.25, -0.2) is 10.2 Å². The molecular weight excluding hydrogens is 298 g/mol. The SMILES string of the molecule is CCOC(=O)N/N=C1\C[C@@H](C(=O)OC)CN1Cc1ccccc1. The van der Waals surface area contributed by atoms with Crippen molar-refractivity contribution in [1.82, 2.24) is 10.3 Å². The number of carbonyl (C=O) groups excluding carboxylic acids is 2. The van der Waals surface area contributed by atoms with Crippen LogP contribution in [0, 0.1) is 5.92 Å². The van der Waals surface area contributed by atoms with Gasteiger partial charge in [0.25, 0.3) is 0 Å². The standard InChI is InChI=1S/C16H21N3O4/c1-3-23-16(21)18-17-14-9-13(15(20)22-2)11-19(14)10-12-7-5-4-6-8-12/h4-8,13H,3,9-11H2,1-2H3,(H,18,21)/b17-14+/t13-/m1/s1. The minimum atomic E-state index is -0.610. The Balaban J connectivity index is 2.09. The van der Waals surface area contributed by atoms with E-state index >= 15 is 0 Å². The first-order chi connectivity index (χ1) is 11.1. The number of benzene rings is 1. The lowest BCUT2D eigenvalue weighted by atomic mass is 10.1. The van der Waals surface area contributed by atoms with E-state index in [1.54, 1.807) is 6.92 Å². The van der Waals surface area contributed by atoms with Crippen molar-refractivity contribution in [3.05, 3.63) is 35.9 Å². The second-order valence-electron chi connectivity index (χ2n) is 5.15. The fourth-order valence-corrected chi connectivity index (χ4v) is 2.46. The zero-order valence-electron chi connectivity index (χ0n) is 13.3. The number of hydrazone groups is 1. The number of rotatable bonds is 5. The molecule has 124 valence electrons. The monoisotopic (exact) mass is 319 g/mol. The number of nitrogens with one attached hydrogen (secondary N) is 1. The van der Waals surface area contributed by atoms with Crippen LogP contribution in [0.3, 0.4) is 0 Å². The lowest BCUT2D eigenvalue weighted by Gasteiger charge is -2.19. The molecule has 7 heteroatoms. The molecule has 1 N–H and O–H groups in total. The second-order valence-corrected chi connectivity index (χ2v) is 5.15. The van der Waals surface area contributed by atoms with Crippen molar-refractivity contribution < 1.29 is 19.1 Å². The average molecular weight is 319 g/mol. The number of likely N-dealkylation sites (tertiary alicyclic amines) is 1. The van der Waals surface area contributed by atoms with E-state index in [4.69, 9.17) is 9.47 Å². The Hall–Kier alpha value is -2.57. The first-order valence-corrected chi connectivity index (χ1v) is 7.50. The highest BCUT2D eigenvalue weighted by Crippen LogP contribution is 2.22. The number of hydrogen-bond donors (Lipinski definition) is 1. The fraction of sp³-hybridized carbons (Fsp3) is 0.438. The fourth-order valence-electron chi connectivity index (χ4n) is 2.46. The third kappa shape index (κ3) is 4.70. The summed E-state index contributed by atoms with van der Waals surface area (Å²) in [6.45, 7) is 3.11. The highest BCUT2D eigenvalue weighted by molar-refractivity contribution is 5.91. The number of amidine groups is 1. The maximum absolute atomic E-state index is 11.8. The zero-order chi connectivity index (χ0) is 16.7. The summed E-state index contributed by atoms with van der Waals surface area (Å²) < 4.78 is 9.60. The average Bonchev–Trinajstić information content (AvgIpc) is 2.96. The van der Waals surface area contributed by atoms with Gasteiger partial charge in [0.05, 0.1) is 19.6 Å². The lowest BCUT2D eigenvalue weighted by molar-refractivity contribution is -0.144. The van der Waals surface area contributed by atoms with E-state index in [0.717, 1.165) is 5.56 Å². The second kappa shape index (κ2) is 8.17. The third-order valence-electron chi connectivity index (χ3n) is 3.54. The highest BCUT2D eigenvalue weighted by atomic mass is 16.5. The van der Waals surface area contributed by atoms with Gasteiger partial charge in [0.15, 0.2) is 0 Å². The third-order valence-corrected chi connectivity index (χ3v) is 3.54. The van der Waals surface area contributed by atoms with Gasteiger partial charge in [0.2, 0.25) is 0 Å². The van der Waals surface area contributed by atoms with Gasteiger partial charge < -0.3 is 14.4 Å². The predicted molar refractivity (Wildman–Crippen MR) is 84.6 cm³/mol. The summed E-state index contributed by atoms with van der Waals surface area (Å²) in [7, 11) is 1.37. The molecule has 1 aromatic carbocycles. The lowest BCUT2D eigenvalue weighted by Crippen LogP contribution is -2.29. The minimum Gasteiger partial charge on any atom is -0.469 e. The van der Waals surface area contributed by atoms with Crippen molar-refractivity contribution in [2.75, 3.05) is 20.3 Å². The molecule has 0 radical (unpaired) electrons. The van der Waals surface area contributed by atoms with E-state index in [-0.39, 0.29) is 18.5 Å². The molecule has 2 rings (SSSR count). The number of amides is 1. The van der Waals surface area contributed by atoms with Crippen LogP contribution < -0.4 is 5.43 Å². The topological polar surface area (TPSA) is 80.2 Å². The minimum absolute atomic E-state index is 0.273. The molecule has 0 aromatic heterocycles. The molecule has 0 unspecified atom stereocenters. The van der Waals surface area contributed by atoms with Gasteiger partial charge in [0.1, 0.15) is 5.84 Å². The predicted octanol–water partition coefficient (Wildman–Crippen LogP) is 1.74. The summed E-state index contributed by atoms with van der Waals surface area (Å²) in [5.41, 5.74) is 3.45. The largest absolute Gasteiger partial charge is 0.469 e. The molecule has 1 aliphatic heterocycles. The van der Waals surface area contributed by atoms with Crippen LogP contribution >= 0.6 is 0 Å². The van der Waals surface area contributed by atoms with Crippen molar-refractivity contribution in [2.24, 2.45) is 11.0 Å². The van der Waals surface area contributed by atoms with Gasteiger partial charge in [-0.1, -0.05) is 30.3 Å². The maximum atomic E-state index is 11.8. The van der Waals surface area contributed by atoms with Gasteiger partial charge >= 0.3 is 12.1 Å². The molecule has 1 saturated heterocycles. The van der Waals surface area contributed by atoms with Crippen molar-refractivity contribution in [3.63, 3.8) is 0 Å². The Morgan fingerprint density at radius 1 is 1.35 bits per heavy atom. The number of carbonyl (C=O) groups is 2. The quantitative estimate of drug-likeness (QED) is 0.660. The van der Waals surface area contributed by atoms with Crippen LogP contribution in [0.25, 0.3) is 0 Å². The molecule has 0 aliphatic carbocycles. The van der Waals surface area contributed by atoms with Crippen LogP contribution in [0.4, 0.5) is 4.79 Å². The molecule has 0 bridgehead atoms. The summed E-state index contributed by atoms with van der Waals surface area (Å²) in [5, 5.41) is 4.10. The molecule has 1 amide bonds. The van der Waals surface area contributed by atoms with E-state index in [0.29, 0.717) is 25.3 Å². The molecule has 0 saturated carbocycles. The molecule has 1 aliphatic rings. The Kier molecular flexibility index (Phi) is 5.96. The van der Waals surface area contributed by atoms with Crippen LogP contribution in [0.2, 0.25) is 0 Å². The zero-order valence-corrected chi connectivity index (χ0v) is 13.3. The van der Waals surface area contributed by atoms with Crippen molar-refractivity contribution in [3.8, 4) is 0 Å². The van der Waals surface area contributed by atoms with E-state index in [2.05, 4.69) is 10.5 Å². The summed E-state index contributed by atoms with van der Waals surface area (Å²) in [6.07, 6.45) is -0.187. The van der Waals surface area contributed by atoms with Gasteiger partial charge in [-0.3, -0.25) is 4.79 Å². The maximum Gasteiger partial charge on any atom is 0.427 e. The summed E-state index contributed by atoms with van der Waals surface area (Å²) in [5.74, 6) is 0.0770. The number of ether oxygens (including phenoxy) is 2. The first-order valence-electron chi connectivity index (χ1n) is 7.50. The summed E-state index contributed by atoms with van der Waals surface area (Å²) in [4.78, 5) is 25.1. The van der Waals surface area contributed by atoms with E-state index in [1.165, 1.54) is 7.11 Å². The summed E-state index contributed by atoms with van der Waals surface area (Å²) >= 11 is 0. The van der Waals surface area contributed by atoms with Gasteiger partial charge in [-0.2, -0.15) is 5.10 Å². The Morgan fingerprint density at radius 3 is 2.74 bits per heavy atom. The molecule has 1 fully saturated rings. The van der Waals surface area contributed by atoms with Crippen LogP contribution in [0.1, 0.15) is 18.9 Å². The van der Waals surface area contributed by atoms with Crippen LogP contribution in [0.15, 0.2) is 35.4 Å². The molecule has 1 aromatic rings. The van der Waals surface area contributed by atoms with E-state index in [1.807, 2.05) is 35.2 Å². The van der Waals surface area contributed by atoms with Gasteiger partial charge in [0, 0.05) is 19.5 Å². The molecule has 0 spiro atoms. The van der Waals surface area contributed by atoms with Crippen LogP contribution in [-0.2, 0) is 20.8 Å². The normalized spacial score (nSPS) is 18.8. The number of esters is 1. The Labute approximate surface area is 135 Å². The Bertz CT molecular complexity index is 574. The molecule has 1 heterocycles. The van der Waals surface area contributed by atoms with Crippen LogP contribution in [0.5, 0.6) is 0 Å². The van der Waals surface area contributed by atoms with Crippen molar-refractivity contribution in [2.45, 2.75) is 19.9 Å². The molecule has 7 nitrogen and oxygen atoms in total. The van der Waals surface area contributed by atoms with Gasteiger partial charge in [-0.15, -0.1) is 0 Å². The van der Waals surface area contributed by atoms with Gasteiger partial charge in [-0.05, 0) is 12.5 Å². The number of methoxy groups -OCH3 is 1. The molecule has 23 heavy (non-hydrogen) atoms. The Morgan fingerprint density at radius 2 is 2.09 bits per heavy atom. The smallest absolute Gasteiger partial charge is 0.427 e. The summed E-state index contributed by atoms with van der Waals surface area (Å²) in [6, 6.07) is 9.86. The van der Waals surface area contributed by atoms with E-state index in [9.17, 15) is 9.59 Å². The first kappa shape index (κ1) is 16.8. The number of hydrogen-bond acceptors (Lipinski definition) is 5. The highest BCUT2D eigenvalue weighted by Gasteiger charge is 2.33. The van der Waals surface area contributed by atoms with Crippen LogP contribution in [-0.4, -0.2) is 43.1 Å². The number of nitrogens with zero attached hydrogens (tertiary/aromatic N) is 2. The van der Waals surface area contributed by atoms with Crippen molar-refractivity contribution >= 4 is 17.9 Å². The molecular formula is C16H21N3O4. The molecule has 1 atom stereocenters. The van der Waals surface area contributed by atoms with Crippen molar-refractivity contribution in [1.29, 1.82) is 0 Å². The van der Waals surface area contributed by atoms with E-state index < -0.39 is 6.09 Å².